The molecule has 0 bridgehead atoms. The molecular formula is C13H17NO3. The fourth-order valence-electron chi connectivity index (χ4n) is 1.64. The van der Waals surface area contributed by atoms with Crippen molar-refractivity contribution in [2.75, 3.05) is 7.11 Å². The monoisotopic (exact) mass is 235 g/mol. The third-order valence-electron chi connectivity index (χ3n) is 2.45. The van der Waals surface area contributed by atoms with Gasteiger partial charge in [-0.15, -0.1) is 0 Å². The molecule has 4 nitrogen and oxygen atoms in total. The molecule has 0 saturated carbocycles. The minimum Gasteiger partial charge on any atom is -0.465 e. The molecule has 92 valence electrons. The molecule has 17 heavy (non-hydrogen) atoms. The summed E-state index contributed by atoms with van der Waals surface area (Å²) in [5.41, 5.74) is 2.48. The number of esters is 1. The molecule has 0 saturated heterocycles. The summed E-state index contributed by atoms with van der Waals surface area (Å²) in [6, 6.07) is 5.25. The molecule has 2 rings (SSSR count). The van der Waals surface area contributed by atoms with Crippen molar-refractivity contribution in [2.45, 2.75) is 26.8 Å². The Morgan fingerprint density at radius 1 is 1.29 bits per heavy atom. The fourth-order valence-corrected chi connectivity index (χ4v) is 1.64. The molecule has 1 aliphatic heterocycles. The van der Waals surface area contributed by atoms with Crippen LogP contribution in [0.1, 0.15) is 35.3 Å². The summed E-state index contributed by atoms with van der Waals surface area (Å²) in [7, 11) is 1.35. The van der Waals surface area contributed by atoms with E-state index in [0.717, 1.165) is 11.1 Å². The molecule has 1 aliphatic rings. The van der Waals surface area contributed by atoms with Gasteiger partial charge in [0.15, 0.2) is 0 Å². The van der Waals surface area contributed by atoms with Crippen LogP contribution >= 0.6 is 0 Å². The zero-order chi connectivity index (χ0) is 12.8. The smallest absolute Gasteiger partial charge is 0.337 e. The molecule has 1 heterocycles. The summed E-state index contributed by atoms with van der Waals surface area (Å²) < 4.78 is 4.62. The van der Waals surface area contributed by atoms with Crippen molar-refractivity contribution in [3.63, 3.8) is 0 Å². The minimum atomic E-state index is -0.352. The van der Waals surface area contributed by atoms with Crippen molar-refractivity contribution in [1.82, 2.24) is 5.32 Å². The molecule has 0 fully saturated rings. The number of hydrogen-bond acceptors (Lipinski definition) is 3. The Morgan fingerprint density at radius 2 is 2.00 bits per heavy atom. The van der Waals surface area contributed by atoms with Gasteiger partial charge >= 0.3 is 5.97 Å². The fraction of sp³-hybridized carbons (Fsp3) is 0.385. The van der Waals surface area contributed by atoms with E-state index in [1.165, 1.54) is 7.11 Å². The molecule has 1 aromatic carbocycles. The number of carbonyl (C=O) groups excluding carboxylic acids is 2. The summed E-state index contributed by atoms with van der Waals surface area (Å²) in [4.78, 5) is 22.4. The molecule has 4 heteroatoms. The van der Waals surface area contributed by atoms with Gasteiger partial charge in [0.1, 0.15) is 0 Å². The van der Waals surface area contributed by atoms with Gasteiger partial charge in [-0.05, 0) is 23.3 Å². The zero-order valence-electron chi connectivity index (χ0n) is 10.4. The predicted octanol–water partition coefficient (Wildman–Crippen LogP) is 1.67. The largest absolute Gasteiger partial charge is 0.465 e. The van der Waals surface area contributed by atoms with Gasteiger partial charge in [0, 0.05) is 6.54 Å². The molecule has 0 spiro atoms. The lowest BCUT2D eigenvalue weighted by atomic mass is 9.98. The number of nitrogens with one attached hydrogen (secondary N) is 1. The Hall–Kier alpha value is -1.84. The van der Waals surface area contributed by atoms with Gasteiger partial charge in [-0.1, -0.05) is 19.9 Å². The van der Waals surface area contributed by atoms with Crippen LogP contribution in [0.3, 0.4) is 0 Å². The van der Waals surface area contributed by atoms with E-state index in [9.17, 15) is 9.59 Å². The highest BCUT2D eigenvalue weighted by atomic mass is 16.5. The lowest BCUT2D eigenvalue weighted by molar-refractivity contribution is -0.121. The van der Waals surface area contributed by atoms with Crippen LogP contribution in [0.5, 0.6) is 0 Å². The first kappa shape index (κ1) is 13.2. The van der Waals surface area contributed by atoms with Crippen LogP contribution in [0.2, 0.25) is 0 Å². The van der Waals surface area contributed by atoms with Crippen molar-refractivity contribution < 1.29 is 14.3 Å². The van der Waals surface area contributed by atoms with Gasteiger partial charge in [0.05, 0.1) is 19.1 Å². The van der Waals surface area contributed by atoms with Crippen molar-refractivity contribution >= 4 is 11.9 Å². The summed E-state index contributed by atoms with van der Waals surface area (Å²) in [5.74, 6) is -0.331. The van der Waals surface area contributed by atoms with Gasteiger partial charge in [-0.2, -0.15) is 0 Å². The molecule has 1 aromatic rings. The molecular weight excluding hydrogens is 218 g/mol. The quantitative estimate of drug-likeness (QED) is 0.753. The van der Waals surface area contributed by atoms with E-state index in [2.05, 4.69) is 10.1 Å². The first-order chi connectivity index (χ1) is 8.20. The van der Waals surface area contributed by atoms with Crippen LogP contribution in [-0.4, -0.2) is 19.0 Å². The Labute approximate surface area is 101 Å². The Kier molecular flexibility index (Phi) is 4.69. The maximum Gasteiger partial charge on any atom is 0.337 e. The summed E-state index contributed by atoms with van der Waals surface area (Å²) in [6.45, 7) is 4.49. The Morgan fingerprint density at radius 3 is 2.65 bits per heavy atom. The average molecular weight is 235 g/mol. The van der Waals surface area contributed by atoms with Crippen LogP contribution in [0.25, 0.3) is 0 Å². The van der Waals surface area contributed by atoms with Crippen molar-refractivity contribution in [2.24, 2.45) is 0 Å². The molecule has 1 amide bonds. The van der Waals surface area contributed by atoms with Gasteiger partial charge in [-0.3, -0.25) is 4.79 Å². The number of fused-ring (bicyclic) bond motifs is 1. The first-order valence-corrected chi connectivity index (χ1v) is 5.67. The average Bonchev–Trinajstić information content (AvgIpc) is 2.39. The molecule has 0 aromatic heterocycles. The van der Waals surface area contributed by atoms with E-state index in [0.29, 0.717) is 18.5 Å². The Bertz CT molecular complexity index is 427. The van der Waals surface area contributed by atoms with Gasteiger partial charge < -0.3 is 10.1 Å². The van der Waals surface area contributed by atoms with Crippen LogP contribution in [0.15, 0.2) is 18.2 Å². The maximum atomic E-state index is 11.3. The van der Waals surface area contributed by atoms with Crippen LogP contribution in [0, 0.1) is 0 Å². The predicted molar refractivity (Wildman–Crippen MR) is 64.7 cm³/mol. The standard InChI is InChI=1S/C11H11NO3.C2H6/c1-15-11(14)8-3-2-7-5-10(13)12-6-9(7)4-8;1-2/h2-4H,5-6H2,1H3,(H,12,13);1-2H3. The molecule has 1 N–H and O–H groups in total. The second kappa shape index (κ2) is 6.03. The van der Waals surface area contributed by atoms with E-state index < -0.39 is 0 Å². The summed E-state index contributed by atoms with van der Waals surface area (Å²) in [6.07, 6.45) is 0.386. The SMILES string of the molecule is CC.COC(=O)c1ccc2c(c1)CNC(=O)C2. The molecule has 0 radical (unpaired) electrons. The van der Waals surface area contributed by atoms with Crippen molar-refractivity contribution in [3.8, 4) is 0 Å². The van der Waals surface area contributed by atoms with E-state index >= 15 is 0 Å². The van der Waals surface area contributed by atoms with Gasteiger partial charge in [0.25, 0.3) is 0 Å². The van der Waals surface area contributed by atoms with E-state index in [1.54, 1.807) is 18.2 Å². The number of carbonyl (C=O) groups is 2. The second-order valence-corrected chi connectivity index (χ2v) is 3.43. The molecule has 0 atom stereocenters. The van der Waals surface area contributed by atoms with Crippen molar-refractivity contribution in [3.05, 3.63) is 34.9 Å². The molecule has 0 unspecified atom stereocenters. The highest BCUT2D eigenvalue weighted by Gasteiger charge is 2.16. The highest BCUT2D eigenvalue weighted by Crippen LogP contribution is 2.16. The number of amides is 1. The highest BCUT2D eigenvalue weighted by molar-refractivity contribution is 5.90. The lowest BCUT2D eigenvalue weighted by Gasteiger charge is -2.16. The minimum absolute atomic E-state index is 0.0216. The third kappa shape index (κ3) is 3.06. The lowest BCUT2D eigenvalue weighted by Crippen LogP contribution is -2.30. The summed E-state index contributed by atoms with van der Waals surface area (Å²) in [5, 5.41) is 2.73. The maximum absolute atomic E-state index is 11.3. The number of benzene rings is 1. The number of rotatable bonds is 1. The van der Waals surface area contributed by atoms with Crippen LogP contribution in [0.4, 0.5) is 0 Å². The second-order valence-electron chi connectivity index (χ2n) is 3.43. The van der Waals surface area contributed by atoms with Crippen LogP contribution in [-0.2, 0) is 22.5 Å². The Balaban J connectivity index is 0.000000686. The van der Waals surface area contributed by atoms with E-state index in [4.69, 9.17) is 0 Å². The normalized spacial score (nSPS) is 12.8. The van der Waals surface area contributed by atoms with Gasteiger partial charge in [0.2, 0.25) is 5.91 Å². The van der Waals surface area contributed by atoms with E-state index in [-0.39, 0.29) is 11.9 Å². The molecule has 0 aliphatic carbocycles. The number of ether oxygens (including phenoxy) is 1. The summed E-state index contributed by atoms with van der Waals surface area (Å²) >= 11 is 0. The topological polar surface area (TPSA) is 55.4 Å². The van der Waals surface area contributed by atoms with Crippen LogP contribution < -0.4 is 5.32 Å². The number of hydrogen-bond donors (Lipinski definition) is 1. The number of methoxy groups -OCH3 is 1. The van der Waals surface area contributed by atoms with Crippen molar-refractivity contribution in [1.29, 1.82) is 0 Å². The third-order valence-corrected chi connectivity index (χ3v) is 2.45. The first-order valence-electron chi connectivity index (χ1n) is 5.67. The van der Waals surface area contributed by atoms with Gasteiger partial charge in [-0.25, -0.2) is 4.79 Å². The van der Waals surface area contributed by atoms with E-state index in [1.807, 2.05) is 13.8 Å². The zero-order valence-corrected chi connectivity index (χ0v) is 10.4.